The van der Waals surface area contributed by atoms with Crippen molar-refractivity contribution in [2.24, 2.45) is 0 Å². The summed E-state index contributed by atoms with van der Waals surface area (Å²) in [5.41, 5.74) is 4.76. The lowest BCUT2D eigenvalue weighted by Gasteiger charge is -2.43. The van der Waals surface area contributed by atoms with Crippen molar-refractivity contribution >= 4 is 17.5 Å². The largest absolute Gasteiger partial charge is 0.463 e. The van der Waals surface area contributed by atoms with Crippen LogP contribution in [-0.4, -0.2) is 27.1 Å². The lowest BCUT2D eigenvalue weighted by molar-refractivity contribution is -0.126. The standard InChI is InChI=1S/C28H28N4O3/c1-18-11-12-22(14-20(18)3)32-26(33)24-15-23(25-10-7-13-35-25)30-31(24)17-28(32,4)27(34)29-16-21-9-6-5-8-19(21)2/h5-15H,16-17H2,1-4H3,(H,29,34). The summed E-state index contributed by atoms with van der Waals surface area (Å²) in [4.78, 5) is 29.3. The van der Waals surface area contributed by atoms with E-state index in [1.807, 2.05) is 63.2 Å². The quantitative estimate of drug-likeness (QED) is 0.456. The summed E-state index contributed by atoms with van der Waals surface area (Å²) in [5, 5.41) is 7.68. The Morgan fingerprint density at radius 3 is 2.54 bits per heavy atom. The van der Waals surface area contributed by atoms with Crippen molar-refractivity contribution in [2.45, 2.75) is 46.3 Å². The number of anilines is 1. The SMILES string of the molecule is Cc1ccc(N2C(=O)c3cc(-c4ccco4)nn3CC2(C)C(=O)NCc2ccccc2C)cc1C. The number of nitrogens with one attached hydrogen (secondary N) is 1. The summed E-state index contributed by atoms with van der Waals surface area (Å²) in [6.07, 6.45) is 1.57. The highest BCUT2D eigenvalue weighted by atomic mass is 16.3. The molecule has 1 aliphatic rings. The van der Waals surface area contributed by atoms with Crippen molar-refractivity contribution in [1.29, 1.82) is 0 Å². The molecule has 0 saturated carbocycles. The van der Waals surface area contributed by atoms with Gasteiger partial charge in [-0.25, -0.2) is 0 Å². The van der Waals surface area contributed by atoms with Gasteiger partial charge in [-0.1, -0.05) is 30.3 Å². The van der Waals surface area contributed by atoms with E-state index >= 15 is 0 Å². The van der Waals surface area contributed by atoms with Crippen LogP contribution in [0.1, 0.15) is 39.7 Å². The van der Waals surface area contributed by atoms with Crippen LogP contribution >= 0.6 is 0 Å². The van der Waals surface area contributed by atoms with Gasteiger partial charge < -0.3 is 9.73 Å². The van der Waals surface area contributed by atoms with Gasteiger partial charge in [-0.05, 0) is 74.2 Å². The summed E-state index contributed by atoms with van der Waals surface area (Å²) in [6.45, 7) is 8.42. The zero-order chi connectivity index (χ0) is 24.7. The zero-order valence-corrected chi connectivity index (χ0v) is 20.3. The molecule has 1 atom stereocenters. The van der Waals surface area contributed by atoms with Crippen molar-refractivity contribution in [3.8, 4) is 11.5 Å². The normalized spacial score (nSPS) is 17.4. The van der Waals surface area contributed by atoms with Crippen molar-refractivity contribution in [3.05, 3.63) is 94.9 Å². The summed E-state index contributed by atoms with van der Waals surface area (Å²) >= 11 is 0. The van der Waals surface area contributed by atoms with Gasteiger partial charge in [-0.2, -0.15) is 5.10 Å². The molecular formula is C28H28N4O3. The van der Waals surface area contributed by atoms with E-state index in [1.165, 1.54) is 0 Å². The average Bonchev–Trinajstić information content (AvgIpc) is 3.51. The molecule has 7 nitrogen and oxygen atoms in total. The highest BCUT2D eigenvalue weighted by Crippen LogP contribution is 2.35. The van der Waals surface area contributed by atoms with Crippen LogP contribution in [0.15, 0.2) is 71.3 Å². The number of amides is 2. The summed E-state index contributed by atoms with van der Waals surface area (Å²) < 4.78 is 7.11. The molecule has 2 aromatic heterocycles. The van der Waals surface area contributed by atoms with E-state index < -0.39 is 5.54 Å². The first-order valence-electron chi connectivity index (χ1n) is 11.6. The van der Waals surface area contributed by atoms with Crippen LogP contribution in [0.25, 0.3) is 11.5 Å². The molecule has 3 heterocycles. The maximum absolute atomic E-state index is 13.9. The van der Waals surface area contributed by atoms with E-state index in [0.717, 1.165) is 22.3 Å². The third-order valence-electron chi connectivity index (χ3n) is 6.87. The number of rotatable bonds is 5. The van der Waals surface area contributed by atoms with E-state index in [1.54, 1.807) is 41.0 Å². The molecule has 0 spiro atoms. The van der Waals surface area contributed by atoms with Crippen LogP contribution in [0, 0.1) is 20.8 Å². The Labute approximate surface area is 204 Å². The minimum atomic E-state index is -1.19. The molecule has 0 fully saturated rings. The highest BCUT2D eigenvalue weighted by molar-refractivity contribution is 6.12. The molecule has 1 unspecified atom stereocenters. The summed E-state index contributed by atoms with van der Waals surface area (Å²) in [7, 11) is 0. The van der Waals surface area contributed by atoms with Crippen LogP contribution in [-0.2, 0) is 17.9 Å². The van der Waals surface area contributed by atoms with Crippen LogP contribution in [0.3, 0.4) is 0 Å². The zero-order valence-electron chi connectivity index (χ0n) is 20.3. The molecule has 0 radical (unpaired) electrons. The fourth-order valence-corrected chi connectivity index (χ4v) is 4.57. The minimum absolute atomic E-state index is 0.210. The predicted molar refractivity (Wildman–Crippen MR) is 134 cm³/mol. The second kappa shape index (κ2) is 8.58. The smallest absolute Gasteiger partial charge is 0.277 e. The summed E-state index contributed by atoms with van der Waals surface area (Å²) in [5.74, 6) is 0.0505. The molecular weight excluding hydrogens is 440 g/mol. The molecule has 0 aliphatic carbocycles. The minimum Gasteiger partial charge on any atom is -0.463 e. The van der Waals surface area contributed by atoms with Crippen molar-refractivity contribution < 1.29 is 14.0 Å². The second-order valence-electron chi connectivity index (χ2n) is 9.34. The fourth-order valence-electron chi connectivity index (χ4n) is 4.57. The molecule has 1 aliphatic heterocycles. The van der Waals surface area contributed by atoms with Gasteiger partial charge in [0.2, 0.25) is 5.91 Å². The number of carbonyl (C=O) groups is 2. The number of hydrogen-bond acceptors (Lipinski definition) is 4. The Bertz CT molecular complexity index is 1420. The highest BCUT2D eigenvalue weighted by Gasteiger charge is 2.49. The molecule has 0 saturated heterocycles. The molecule has 5 rings (SSSR count). The molecule has 1 N–H and O–H groups in total. The number of benzene rings is 2. The van der Waals surface area contributed by atoms with Crippen LogP contribution in [0.4, 0.5) is 5.69 Å². The van der Waals surface area contributed by atoms with Gasteiger partial charge in [0.15, 0.2) is 5.76 Å². The third kappa shape index (κ3) is 3.93. The van der Waals surface area contributed by atoms with Crippen molar-refractivity contribution in [1.82, 2.24) is 15.1 Å². The van der Waals surface area contributed by atoms with Gasteiger partial charge in [0.25, 0.3) is 5.91 Å². The van der Waals surface area contributed by atoms with Crippen LogP contribution < -0.4 is 10.2 Å². The molecule has 0 bridgehead atoms. The van der Waals surface area contributed by atoms with Gasteiger partial charge in [0, 0.05) is 18.3 Å². The van der Waals surface area contributed by atoms with Crippen molar-refractivity contribution in [2.75, 3.05) is 4.90 Å². The molecule has 178 valence electrons. The van der Waals surface area contributed by atoms with Crippen LogP contribution in [0.2, 0.25) is 0 Å². The number of fused-ring (bicyclic) bond motifs is 1. The molecule has 4 aromatic rings. The lowest BCUT2D eigenvalue weighted by Crippen LogP contribution is -2.64. The van der Waals surface area contributed by atoms with Crippen LogP contribution in [0.5, 0.6) is 0 Å². The molecule has 7 heteroatoms. The van der Waals surface area contributed by atoms with Crippen molar-refractivity contribution in [3.63, 3.8) is 0 Å². The fraction of sp³-hybridized carbons (Fsp3) is 0.250. The third-order valence-corrected chi connectivity index (χ3v) is 6.87. The number of aromatic nitrogens is 2. The Balaban J connectivity index is 1.56. The van der Waals surface area contributed by atoms with E-state index in [4.69, 9.17) is 4.42 Å². The maximum atomic E-state index is 13.9. The molecule has 2 aromatic carbocycles. The Morgan fingerprint density at radius 2 is 1.83 bits per heavy atom. The number of furan rings is 1. The molecule has 35 heavy (non-hydrogen) atoms. The Morgan fingerprint density at radius 1 is 1.03 bits per heavy atom. The van der Waals surface area contributed by atoms with Gasteiger partial charge >= 0.3 is 0 Å². The predicted octanol–water partition coefficient (Wildman–Crippen LogP) is 4.80. The number of hydrogen-bond donors (Lipinski definition) is 1. The first kappa shape index (κ1) is 22.7. The monoisotopic (exact) mass is 468 g/mol. The number of carbonyl (C=O) groups excluding carboxylic acids is 2. The number of aryl methyl sites for hydroxylation is 3. The first-order valence-corrected chi connectivity index (χ1v) is 11.6. The van der Waals surface area contributed by atoms with E-state index in [9.17, 15) is 9.59 Å². The first-order chi connectivity index (χ1) is 16.8. The summed E-state index contributed by atoms with van der Waals surface area (Å²) in [6, 6.07) is 19.1. The van der Waals surface area contributed by atoms with Gasteiger partial charge in [-0.15, -0.1) is 0 Å². The van der Waals surface area contributed by atoms with Gasteiger partial charge in [0.05, 0.1) is 12.8 Å². The van der Waals surface area contributed by atoms with Gasteiger partial charge in [0.1, 0.15) is 16.9 Å². The topological polar surface area (TPSA) is 80.4 Å². The van der Waals surface area contributed by atoms with E-state index in [-0.39, 0.29) is 18.4 Å². The Kier molecular flexibility index (Phi) is 5.55. The van der Waals surface area contributed by atoms with E-state index in [2.05, 4.69) is 10.4 Å². The lowest BCUT2D eigenvalue weighted by atomic mass is 9.93. The number of nitrogens with zero attached hydrogens (tertiary/aromatic N) is 3. The second-order valence-corrected chi connectivity index (χ2v) is 9.34. The van der Waals surface area contributed by atoms with E-state index in [0.29, 0.717) is 29.4 Å². The maximum Gasteiger partial charge on any atom is 0.277 e. The Hall–Kier alpha value is -4.13. The van der Waals surface area contributed by atoms with Gasteiger partial charge in [-0.3, -0.25) is 19.2 Å². The average molecular weight is 469 g/mol. The molecule has 2 amide bonds.